The maximum atomic E-state index is 2.88. The number of aryl methyl sites for hydroxylation is 1. The lowest BCUT2D eigenvalue weighted by Crippen LogP contribution is -2.64. The number of thiophene rings is 1. The molecule has 0 spiro atoms. The Hall–Kier alpha value is -5.78. The van der Waals surface area contributed by atoms with Gasteiger partial charge in [0.15, 0.2) is 0 Å². The molecule has 12 rings (SSSR count). The molecule has 0 N–H and O–H groups in total. The van der Waals surface area contributed by atoms with Crippen LogP contribution in [-0.2, 0) is 10.8 Å². The molecule has 8 aromatic rings. The van der Waals surface area contributed by atoms with Gasteiger partial charge in [-0.05, 0) is 120 Å². The Kier molecular flexibility index (Phi) is 7.60. The van der Waals surface area contributed by atoms with Gasteiger partial charge in [0.05, 0.1) is 5.54 Å². The molecule has 4 aliphatic rings. The van der Waals surface area contributed by atoms with E-state index in [9.17, 15) is 0 Å². The highest BCUT2D eigenvalue weighted by Gasteiger charge is 2.62. The molecule has 2 unspecified atom stereocenters. The minimum Gasteiger partial charge on any atom is -0.376 e. The van der Waals surface area contributed by atoms with E-state index in [4.69, 9.17) is 0 Å². The predicted octanol–water partition coefficient (Wildman–Crippen LogP) is 14.1. The molecule has 0 bridgehead atoms. The van der Waals surface area contributed by atoms with Gasteiger partial charge < -0.3 is 14.6 Å². The van der Waals surface area contributed by atoms with Crippen LogP contribution in [0.15, 0.2) is 146 Å². The molecule has 5 heteroatoms. The van der Waals surface area contributed by atoms with Crippen molar-refractivity contribution in [3.05, 3.63) is 162 Å². The molecule has 3 aliphatic heterocycles. The first-order chi connectivity index (χ1) is 29.1. The summed E-state index contributed by atoms with van der Waals surface area (Å²) in [6.45, 7) is 14.7. The number of rotatable bonds is 4. The number of nitrogens with zero attached hydrogens (tertiary/aromatic N) is 3. The zero-order chi connectivity index (χ0) is 40.7. The standard InChI is InChI=1S/C55H50BN3S/c1-35-19-13-15-25-45(35)59-51-40(27-28-48-49(51)41-24-14-16-26-47(41)60-48)42-33-39(57(37-20-9-7-10-21-37)38-22-11-8-12-23-38)34-46-50(42)56(59)44-32-36(53(2,3)4)31-43-52(44)58(46)55(6)30-18-17-29-54(43,55)5/h7-16,19-28,31-34H,17-18,29-30H2,1-6H3. The van der Waals surface area contributed by atoms with Gasteiger partial charge in [-0.1, -0.05) is 132 Å². The molecule has 1 aromatic heterocycles. The zero-order valence-electron chi connectivity index (χ0n) is 35.5. The Balaban J connectivity index is 1.28. The molecule has 1 saturated carbocycles. The van der Waals surface area contributed by atoms with Crippen LogP contribution in [0.1, 0.15) is 77.0 Å². The van der Waals surface area contributed by atoms with Crippen molar-refractivity contribution in [1.82, 2.24) is 0 Å². The number of para-hydroxylation sites is 3. The molecule has 4 heterocycles. The molecular formula is C55H50BN3S. The summed E-state index contributed by atoms with van der Waals surface area (Å²) in [5, 5.41) is 2.69. The Morgan fingerprint density at radius 1 is 0.633 bits per heavy atom. The molecule has 294 valence electrons. The monoisotopic (exact) mass is 795 g/mol. The van der Waals surface area contributed by atoms with E-state index in [0.29, 0.717) is 0 Å². The summed E-state index contributed by atoms with van der Waals surface area (Å²) in [5.74, 6) is 0. The van der Waals surface area contributed by atoms with E-state index in [1.807, 2.05) is 11.3 Å². The van der Waals surface area contributed by atoms with E-state index in [0.717, 1.165) is 17.8 Å². The van der Waals surface area contributed by atoms with Crippen LogP contribution in [0.2, 0.25) is 0 Å². The summed E-state index contributed by atoms with van der Waals surface area (Å²) in [4.78, 5) is 8.15. The van der Waals surface area contributed by atoms with Crippen molar-refractivity contribution in [3.63, 3.8) is 0 Å². The lowest BCUT2D eigenvalue weighted by atomic mass is 9.43. The van der Waals surface area contributed by atoms with E-state index in [1.54, 1.807) is 5.56 Å². The molecule has 1 aliphatic carbocycles. The molecule has 2 atom stereocenters. The normalized spacial score (nSPS) is 19.9. The molecule has 0 amide bonds. The lowest BCUT2D eigenvalue weighted by molar-refractivity contribution is 0.195. The van der Waals surface area contributed by atoms with Crippen molar-refractivity contribution >= 4 is 89.1 Å². The predicted molar refractivity (Wildman–Crippen MR) is 259 cm³/mol. The highest BCUT2D eigenvalue weighted by Crippen LogP contribution is 2.63. The van der Waals surface area contributed by atoms with Crippen molar-refractivity contribution in [2.45, 2.75) is 83.6 Å². The summed E-state index contributed by atoms with van der Waals surface area (Å²) in [7, 11) is 0. The lowest BCUT2D eigenvalue weighted by Gasteiger charge is -2.53. The van der Waals surface area contributed by atoms with Gasteiger partial charge in [0.2, 0.25) is 0 Å². The summed E-state index contributed by atoms with van der Waals surface area (Å²) < 4.78 is 2.67. The second-order valence-corrected chi connectivity index (χ2v) is 20.4. The fraction of sp³-hybridized carbons (Fsp3) is 0.236. The maximum absolute atomic E-state index is 2.88. The van der Waals surface area contributed by atoms with Gasteiger partial charge in [-0.25, -0.2) is 0 Å². The van der Waals surface area contributed by atoms with Crippen LogP contribution in [0.5, 0.6) is 0 Å². The summed E-state index contributed by atoms with van der Waals surface area (Å²) >= 11 is 1.92. The highest BCUT2D eigenvalue weighted by atomic mass is 32.1. The Labute approximate surface area is 359 Å². The van der Waals surface area contributed by atoms with Crippen molar-refractivity contribution < 1.29 is 0 Å². The first-order valence-electron chi connectivity index (χ1n) is 21.9. The van der Waals surface area contributed by atoms with Crippen LogP contribution in [0.25, 0.3) is 31.3 Å². The number of hydrogen-bond acceptors (Lipinski definition) is 4. The zero-order valence-corrected chi connectivity index (χ0v) is 36.3. The summed E-state index contributed by atoms with van der Waals surface area (Å²) in [6, 6.07) is 55.4. The third-order valence-corrected chi connectivity index (χ3v) is 16.2. The van der Waals surface area contributed by atoms with E-state index in [-0.39, 0.29) is 23.2 Å². The molecular weight excluding hydrogens is 746 g/mol. The van der Waals surface area contributed by atoms with E-state index in [1.165, 1.54) is 101 Å². The number of hydrogen-bond donors (Lipinski definition) is 0. The van der Waals surface area contributed by atoms with Crippen molar-refractivity contribution in [3.8, 4) is 11.1 Å². The van der Waals surface area contributed by atoms with Crippen LogP contribution < -0.4 is 25.5 Å². The fourth-order valence-electron chi connectivity index (χ4n) is 11.8. The Morgan fingerprint density at radius 2 is 1.32 bits per heavy atom. The number of anilines is 7. The molecule has 0 saturated heterocycles. The summed E-state index contributed by atoms with van der Waals surface area (Å²) in [6.07, 6.45) is 4.85. The van der Waals surface area contributed by atoms with Crippen LogP contribution in [0.3, 0.4) is 0 Å². The van der Waals surface area contributed by atoms with Gasteiger partial charge in [0.1, 0.15) is 0 Å². The third-order valence-electron chi connectivity index (χ3n) is 15.0. The van der Waals surface area contributed by atoms with Crippen LogP contribution >= 0.6 is 11.3 Å². The van der Waals surface area contributed by atoms with Crippen LogP contribution in [-0.4, -0.2) is 12.4 Å². The number of fused-ring (bicyclic) bond motifs is 11. The van der Waals surface area contributed by atoms with Crippen molar-refractivity contribution in [1.29, 1.82) is 0 Å². The molecule has 1 fully saturated rings. The second-order valence-electron chi connectivity index (χ2n) is 19.3. The minimum absolute atomic E-state index is 0.0112. The minimum atomic E-state index is -0.0954. The van der Waals surface area contributed by atoms with Gasteiger partial charge in [-0.3, -0.25) is 0 Å². The first-order valence-corrected chi connectivity index (χ1v) is 22.8. The average molecular weight is 796 g/mol. The average Bonchev–Trinajstić information content (AvgIpc) is 3.74. The molecule has 3 nitrogen and oxygen atoms in total. The first kappa shape index (κ1) is 36.1. The van der Waals surface area contributed by atoms with Gasteiger partial charge in [0, 0.05) is 71.0 Å². The number of benzene rings is 7. The molecule has 7 aromatic carbocycles. The van der Waals surface area contributed by atoms with E-state index in [2.05, 4.69) is 202 Å². The van der Waals surface area contributed by atoms with E-state index >= 15 is 0 Å². The van der Waals surface area contributed by atoms with Crippen molar-refractivity contribution in [2.75, 3.05) is 14.6 Å². The van der Waals surface area contributed by atoms with Gasteiger partial charge >= 0.3 is 6.85 Å². The largest absolute Gasteiger partial charge is 0.376 e. The van der Waals surface area contributed by atoms with Crippen molar-refractivity contribution in [2.24, 2.45) is 0 Å². The van der Waals surface area contributed by atoms with Crippen LogP contribution in [0, 0.1) is 6.92 Å². The SMILES string of the molecule is Cc1ccccc1N1B2c3cc(C(C)(C)C)cc4c3N(c3cc(N(c5ccccc5)c5ccccc5)cc(c32)-c2ccc3sc5ccccc5c3c21)C1(C)CCCCC41C. The van der Waals surface area contributed by atoms with Gasteiger partial charge in [-0.2, -0.15) is 0 Å². The Bertz CT molecular complexity index is 3020. The topological polar surface area (TPSA) is 9.72 Å². The maximum Gasteiger partial charge on any atom is 0.333 e. The molecule has 60 heavy (non-hydrogen) atoms. The van der Waals surface area contributed by atoms with E-state index < -0.39 is 0 Å². The molecule has 0 radical (unpaired) electrons. The third kappa shape index (κ3) is 4.79. The van der Waals surface area contributed by atoms with Gasteiger partial charge in [-0.15, -0.1) is 11.3 Å². The second kappa shape index (κ2) is 12.6. The van der Waals surface area contributed by atoms with Crippen LogP contribution in [0.4, 0.5) is 39.8 Å². The Morgan fingerprint density at radius 3 is 2.05 bits per heavy atom. The quantitative estimate of drug-likeness (QED) is 0.164. The smallest absolute Gasteiger partial charge is 0.333 e. The summed E-state index contributed by atoms with van der Waals surface area (Å²) in [5.41, 5.74) is 18.6. The highest BCUT2D eigenvalue weighted by molar-refractivity contribution is 7.26. The fourth-order valence-corrected chi connectivity index (χ4v) is 12.9. The van der Waals surface area contributed by atoms with Gasteiger partial charge in [0.25, 0.3) is 0 Å².